The summed E-state index contributed by atoms with van der Waals surface area (Å²) in [5.74, 6) is -0.725. The molecular formula is C9H13N3O2. The molecule has 1 saturated carbocycles. The summed E-state index contributed by atoms with van der Waals surface area (Å²) < 4.78 is 0. The normalized spacial score (nSPS) is 17.6. The Bertz CT molecular complexity index is 289. The Morgan fingerprint density at radius 1 is 1.50 bits per heavy atom. The molecule has 0 aromatic rings. The molecule has 14 heavy (non-hydrogen) atoms. The van der Waals surface area contributed by atoms with Crippen LogP contribution in [0.25, 0.3) is 0 Å². The van der Waals surface area contributed by atoms with Gasteiger partial charge in [0, 0.05) is 13.0 Å². The minimum atomic E-state index is -0.836. The van der Waals surface area contributed by atoms with Crippen molar-refractivity contribution in [2.75, 3.05) is 6.54 Å². The summed E-state index contributed by atoms with van der Waals surface area (Å²) in [7, 11) is 0. The molecule has 0 radical (unpaired) electrons. The third-order valence-corrected chi connectivity index (χ3v) is 2.51. The van der Waals surface area contributed by atoms with E-state index < -0.39 is 11.3 Å². The first-order valence-electron chi connectivity index (χ1n) is 4.58. The lowest BCUT2D eigenvalue weighted by Gasteiger charge is -2.33. The van der Waals surface area contributed by atoms with Crippen LogP contribution in [-0.2, 0) is 9.59 Å². The Balaban J connectivity index is 2.35. The SMILES string of the molecule is N#CC1(C(=O)NCCC(N)=O)CCC1. The van der Waals surface area contributed by atoms with E-state index in [-0.39, 0.29) is 18.9 Å². The fourth-order valence-electron chi connectivity index (χ4n) is 1.39. The lowest BCUT2D eigenvalue weighted by Crippen LogP contribution is -2.45. The van der Waals surface area contributed by atoms with E-state index in [1.807, 2.05) is 6.07 Å². The fourth-order valence-corrected chi connectivity index (χ4v) is 1.39. The summed E-state index contributed by atoms with van der Waals surface area (Å²) >= 11 is 0. The topological polar surface area (TPSA) is 96.0 Å². The molecule has 1 aliphatic rings. The van der Waals surface area contributed by atoms with Gasteiger partial charge >= 0.3 is 0 Å². The third kappa shape index (κ3) is 2.02. The molecular weight excluding hydrogens is 182 g/mol. The summed E-state index contributed by atoms with van der Waals surface area (Å²) in [6.45, 7) is 0.220. The van der Waals surface area contributed by atoms with E-state index in [2.05, 4.69) is 5.32 Å². The van der Waals surface area contributed by atoms with E-state index in [4.69, 9.17) is 11.0 Å². The largest absolute Gasteiger partial charge is 0.370 e. The minimum absolute atomic E-state index is 0.118. The van der Waals surface area contributed by atoms with Crippen LogP contribution in [0, 0.1) is 16.7 Å². The van der Waals surface area contributed by atoms with Crippen LogP contribution >= 0.6 is 0 Å². The molecule has 0 atom stereocenters. The first-order chi connectivity index (χ1) is 6.60. The molecule has 0 bridgehead atoms. The molecule has 0 aromatic carbocycles. The lowest BCUT2D eigenvalue weighted by atomic mass is 9.69. The first kappa shape index (κ1) is 10.5. The number of carbonyl (C=O) groups excluding carboxylic acids is 2. The number of hydrogen-bond acceptors (Lipinski definition) is 3. The molecule has 2 amide bonds. The number of primary amides is 1. The molecule has 5 heteroatoms. The number of rotatable bonds is 4. The van der Waals surface area contributed by atoms with Gasteiger partial charge in [0.25, 0.3) is 0 Å². The van der Waals surface area contributed by atoms with Gasteiger partial charge < -0.3 is 11.1 Å². The van der Waals surface area contributed by atoms with Gasteiger partial charge in [0.05, 0.1) is 6.07 Å². The number of nitriles is 1. The minimum Gasteiger partial charge on any atom is -0.370 e. The van der Waals surface area contributed by atoms with Crippen molar-refractivity contribution in [2.45, 2.75) is 25.7 Å². The van der Waals surface area contributed by atoms with Crippen LogP contribution in [0.5, 0.6) is 0 Å². The number of nitrogens with two attached hydrogens (primary N) is 1. The van der Waals surface area contributed by atoms with E-state index in [9.17, 15) is 9.59 Å². The van der Waals surface area contributed by atoms with Crippen LogP contribution in [0.3, 0.4) is 0 Å². The molecule has 3 N–H and O–H groups in total. The molecule has 76 valence electrons. The van der Waals surface area contributed by atoms with Crippen LogP contribution in [-0.4, -0.2) is 18.4 Å². The fraction of sp³-hybridized carbons (Fsp3) is 0.667. The van der Waals surface area contributed by atoms with Gasteiger partial charge in [-0.1, -0.05) is 0 Å². The van der Waals surface area contributed by atoms with Crippen LogP contribution in [0.15, 0.2) is 0 Å². The van der Waals surface area contributed by atoms with Crippen molar-refractivity contribution in [1.82, 2.24) is 5.32 Å². The highest BCUT2D eigenvalue weighted by molar-refractivity contribution is 5.86. The molecule has 1 aliphatic carbocycles. The molecule has 1 fully saturated rings. The molecule has 1 rings (SSSR count). The van der Waals surface area contributed by atoms with Crippen LogP contribution in [0.1, 0.15) is 25.7 Å². The maximum Gasteiger partial charge on any atom is 0.240 e. The van der Waals surface area contributed by atoms with Gasteiger partial charge in [-0.05, 0) is 19.3 Å². The van der Waals surface area contributed by atoms with Gasteiger partial charge in [0.15, 0.2) is 0 Å². The van der Waals surface area contributed by atoms with Gasteiger partial charge in [0.1, 0.15) is 5.41 Å². The highest BCUT2D eigenvalue weighted by Gasteiger charge is 2.44. The average molecular weight is 195 g/mol. The number of hydrogen-bond donors (Lipinski definition) is 2. The van der Waals surface area contributed by atoms with Gasteiger partial charge in [-0.3, -0.25) is 9.59 Å². The van der Waals surface area contributed by atoms with Crippen molar-refractivity contribution in [3.8, 4) is 6.07 Å². The molecule has 0 heterocycles. The quantitative estimate of drug-likeness (QED) is 0.643. The van der Waals surface area contributed by atoms with Crippen LogP contribution in [0.2, 0.25) is 0 Å². The number of nitrogens with one attached hydrogen (secondary N) is 1. The Labute approximate surface area is 82.3 Å². The maximum absolute atomic E-state index is 11.5. The smallest absolute Gasteiger partial charge is 0.240 e. The van der Waals surface area contributed by atoms with E-state index in [1.165, 1.54) is 0 Å². The lowest BCUT2D eigenvalue weighted by molar-refractivity contribution is -0.131. The summed E-state index contributed by atoms with van der Waals surface area (Å²) in [4.78, 5) is 21.9. The number of carbonyl (C=O) groups is 2. The highest BCUT2D eigenvalue weighted by Crippen LogP contribution is 2.40. The molecule has 0 spiro atoms. The summed E-state index contributed by atoms with van der Waals surface area (Å²) in [5, 5.41) is 11.4. The first-order valence-corrected chi connectivity index (χ1v) is 4.58. The van der Waals surface area contributed by atoms with Crippen molar-refractivity contribution in [3.05, 3.63) is 0 Å². The van der Waals surface area contributed by atoms with E-state index in [1.54, 1.807) is 0 Å². The molecule has 0 aromatic heterocycles. The predicted octanol–water partition coefficient (Wildman–Crippen LogP) is -0.328. The summed E-state index contributed by atoms with van der Waals surface area (Å²) in [6, 6.07) is 2.02. The van der Waals surface area contributed by atoms with Gasteiger partial charge in [-0.2, -0.15) is 5.26 Å². The van der Waals surface area contributed by atoms with Crippen molar-refractivity contribution >= 4 is 11.8 Å². The summed E-state index contributed by atoms with van der Waals surface area (Å²) in [6.07, 6.45) is 2.27. The van der Waals surface area contributed by atoms with Crippen molar-refractivity contribution in [1.29, 1.82) is 5.26 Å². The number of amides is 2. The molecule has 0 aliphatic heterocycles. The second kappa shape index (κ2) is 4.09. The highest BCUT2D eigenvalue weighted by atomic mass is 16.2. The third-order valence-electron chi connectivity index (χ3n) is 2.51. The average Bonchev–Trinajstić information content (AvgIpc) is 2.02. The molecule has 0 saturated heterocycles. The van der Waals surface area contributed by atoms with Crippen molar-refractivity contribution in [2.24, 2.45) is 11.1 Å². The van der Waals surface area contributed by atoms with E-state index >= 15 is 0 Å². The monoisotopic (exact) mass is 195 g/mol. The van der Waals surface area contributed by atoms with E-state index in [0.717, 1.165) is 6.42 Å². The Kier molecular flexibility index (Phi) is 3.07. The van der Waals surface area contributed by atoms with Gasteiger partial charge in [0.2, 0.25) is 11.8 Å². The Hall–Kier alpha value is -1.57. The van der Waals surface area contributed by atoms with Gasteiger partial charge in [-0.25, -0.2) is 0 Å². The van der Waals surface area contributed by atoms with Gasteiger partial charge in [-0.15, -0.1) is 0 Å². The standard InChI is InChI=1S/C9H13N3O2/c10-6-9(3-1-4-9)8(14)12-5-2-7(11)13/h1-5H2,(H2,11,13)(H,12,14). The molecule has 5 nitrogen and oxygen atoms in total. The van der Waals surface area contributed by atoms with Crippen LogP contribution in [0.4, 0.5) is 0 Å². The predicted molar refractivity (Wildman–Crippen MR) is 48.7 cm³/mol. The van der Waals surface area contributed by atoms with Crippen molar-refractivity contribution in [3.63, 3.8) is 0 Å². The number of nitrogens with zero attached hydrogens (tertiary/aromatic N) is 1. The Morgan fingerprint density at radius 3 is 2.50 bits per heavy atom. The Morgan fingerprint density at radius 2 is 2.14 bits per heavy atom. The van der Waals surface area contributed by atoms with E-state index in [0.29, 0.717) is 12.8 Å². The zero-order valence-electron chi connectivity index (χ0n) is 7.88. The molecule has 0 unspecified atom stereocenters. The van der Waals surface area contributed by atoms with Crippen molar-refractivity contribution < 1.29 is 9.59 Å². The maximum atomic E-state index is 11.5. The summed E-state index contributed by atoms with van der Waals surface area (Å²) in [5.41, 5.74) is 4.08. The second-order valence-electron chi connectivity index (χ2n) is 3.52. The van der Waals surface area contributed by atoms with Crippen LogP contribution < -0.4 is 11.1 Å². The zero-order valence-corrected chi connectivity index (χ0v) is 7.88. The zero-order chi connectivity index (χ0) is 10.6. The second-order valence-corrected chi connectivity index (χ2v) is 3.52.